The Bertz CT molecular complexity index is 1660. The highest BCUT2D eigenvalue weighted by Crippen LogP contribution is 2.32. The maximum absolute atomic E-state index is 6.12. The highest BCUT2D eigenvalue weighted by molar-refractivity contribution is 5.82. The van der Waals surface area contributed by atoms with Gasteiger partial charge in [-0.2, -0.15) is 0 Å². The Kier molecular flexibility index (Phi) is 5.09. The van der Waals surface area contributed by atoms with E-state index in [0.29, 0.717) is 18.3 Å². The zero-order valence-corrected chi connectivity index (χ0v) is 19.8. The van der Waals surface area contributed by atoms with Gasteiger partial charge < -0.3 is 8.98 Å². The third-order valence-electron chi connectivity index (χ3n) is 6.13. The molecule has 0 atom stereocenters. The first-order chi connectivity index (χ1) is 17.1. The van der Waals surface area contributed by atoms with Gasteiger partial charge in [0.25, 0.3) is 0 Å². The first-order valence-electron chi connectivity index (χ1n) is 11.7. The van der Waals surface area contributed by atoms with Crippen molar-refractivity contribution in [3.05, 3.63) is 71.2 Å². The lowest BCUT2D eigenvalue weighted by Gasteiger charge is -2.09. The van der Waals surface area contributed by atoms with Gasteiger partial charge in [-0.05, 0) is 66.1 Å². The van der Waals surface area contributed by atoms with Crippen LogP contribution in [0.15, 0.2) is 52.9 Å². The smallest absolute Gasteiger partial charge is 0.228 e. The lowest BCUT2D eigenvalue weighted by atomic mass is 10.1. The Labute approximate surface area is 201 Å². The van der Waals surface area contributed by atoms with E-state index in [1.54, 1.807) is 0 Å². The van der Waals surface area contributed by atoms with E-state index in [9.17, 15) is 0 Å². The van der Waals surface area contributed by atoms with E-state index < -0.39 is 0 Å². The number of hydrogen-bond acceptors (Lipinski definition) is 7. The number of aryl methyl sites for hydroxylation is 3. The summed E-state index contributed by atoms with van der Waals surface area (Å²) in [6, 6.07) is 16.0. The molecule has 0 radical (unpaired) electrons. The van der Waals surface area contributed by atoms with Crippen molar-refractivity contribution >= 4 is 22.3 Å². The molecule has 0 bridgehead atoms. The molecule has 174 valence electrons. The summed E-state index contributed by atoms with van der Waals surface area (Å²) in [6.07, 6.45) is 1.92. The number of hydrogen-bond donors (Lipinski definition) is 1. The van der Waals surface area contributed by atoms with Crippen molar-refractivity contribution in [3.8, 4) is 22.8 Å². The lowest BCUT2D eigenvalue weighted by Crippen LogP contribution is -2.06. The zero-order valence-electron chi connectivity index (χ0n) is 19.8. The molecule has 4 heterocycles. The molecule has 0 saturated carbocycles. The van der Waals surface area contributed by atoms with Crippen LogP contribution in [0.3, 0.4) is 0 Å². The molecule has 0 saturated heterocycles. The number of aromatic nitrogens is 8. The van der Waals surface area contributed by atoms with Crippen molar-refractivity contribution in [1.82, 2.24) is 40.1 Å². The molecule has 6 rings (SSSR count). The van der Waals surface area contributed by atoms with E-state index in [4.69, 9.17) is 19.4 Å². The summed E-state index contributed by atoms with van der Waals surface area (Å²) in [5, 5.41) is 14.2. The van der Waals surface area contributed by atoms with Crippen LogP contribution in [0.1, 0.15) is 36.0 Å². The highest BCUT2D eigenvalue weighted by Gasteiger charge is 2.17. The molecule has 0 aliphatic carbocycles. The third-order valence-corrected chi connectivity index (χ3v) is 6.13. The molecular weight excluding hydrogens is 440 g/mol. The summed E-state index contributed by atoms with van der Waals surface area (Å²) in [4.78, 5) is 14.6. The van der Waals surface area contributed by atoms with Crippen LogP contribution >= 0.6 is 0 Å². The number of rotatable bonds is 6. The Morgan fingerprint density at radius 3 is 2.63 bits per heavy atom. The number of pyridine rings is 1. The van der Waals surface area contributed by atoms with E-state index in [1.165, 1.54) is 0 Å². The van der Waals surface area contributed by atoms with E-state index in [2.05, 4.69) is 57.2 Å². The van der Waals surface area contributed by atoms with Crippen LogP contribution in [0.25, 0.3) is 45.1 Å². The van der Waals surface area contributed by atoms with Crippen LogP contribution in [0.5, 0.6) is 0 Å². The predicted octanol–water partition coefficient (Wildman–Crippen LogP) is 5.04. The molecular formula is C26H24N8O. The summed E-state index contributed by atoms with van der Waals surface area (Å²) >= 11 is 0. The van der Waals surface area contributed by atoms with Crippen molar-refractivity contribution < 1.29 is 4.42 Å². The van der Waals surface area contributed by atoms with Gasteiger partial charge >= 0.3 is 0 Å². The fourth-order valence-corrected chi connectivity index (χ4v) is 4.55. The van der Waals surface area contributed by atoms with Crippen LogP contribution < -0.4 is 0 Å². The van der Waals surface area contributed by atoms with Gasteiger partial charge in [-0.25, -0.2) is 20.1 Å². The number of benzene rings is 2. The molecule has 2 aromatic carbocycles. The van der Waals surface area contributed by atoms with Crippen LogP contribution in [-0.4, -0.2) is 40.1 Å². The number of nitrogens with one attached hydrogen (secondary N) is 1. The SMILES string of the molecule is CCCc1nc2c(C)cc(C)nc2n1Cc1ccc2oc(-c3ccccc3-c3nnn[nH]3)nc2c1. The van der Waals surface area contributed by atoms with Gasteiger partial charge in [-0.1, -0.05) is 31.2 Å². The molecule has 9 nitrogen and oxygen atoms in total. The van der Waals surface area contributed by atoms with Crippen LogP contribution in [0.4, 0.5) is 0 Å². The summed E-state index contributed by atoms with van der Waals surface area (Å²) in [7, 11) is 0. The molecule has 0 amide bonds. The monoisotopic (exact) mass is 464 g/mol. The fraction of sp³-hybridized carbons (Fsp3) is 0.231. The predicted molar refractivity (Wildman–Crippen MR) is 133 cm³/mol. The number of H-pyrrole nitrogens is 1. The normalized spacial score (nSPS) is 11.6. The Balaban J connectivity index is 1.41. The van der Waals surface area contributed by atoms with Gasteiger partial charge in [0, 0.05) is 23.2 Å². The second-order valence-electron chi connectivity index (χ2n) is 8.73. The molecule has 0 unspecified atom stereocenters. The van der Waals surface area contributed by atoms with Gasteiger partial charge in [0.1, 0.15) is 16.9 Å². The number of imidazole rings is 1. The molecule has 0 spiro atoms. The quantitative estimate of drug-likeness (QED) is 0.368. The Morgan fingerprint density at radius 2 is 1.83 bits per heavy atom. The van der Waals surface area contributed by atoms with Crippen LogP contribution in [-0.2, 0) is 13.0 Å². The first-order valence-corrected chi connectivity index (χ1v) is 11.7. The molecule has 0 fully saturated rings. The van der Waals surface area contributed by atoms with Gasteiger partial charge in [-0.15, -0.1) is 5.10 Å². The van der Waals surface area contributed by atoms with E-state index >= 15 is 0 Å². The summed E-state index contributed by atoms with van der Waals surface area (Å²) in [5.41, 5.74) is 8.34. The van der Waals surface area contributed by atoms with E-state index in [0.717, 1.165) is 68.9 Å². The molecule has 9 heteroatoms. The summed E-state index contributed by atoms with van der Waals surface area (Å²) in [5.74, 6) is 2.15. The average Bonchev–Trinajstić information content (AvgIpc) is 3.59. The third kappa shape index (κ3) is 3.74. The van der Waals surface area contributed by atoms with Gasteiger partial charge in [0.15, 0.2) is 17.1 Å². The maximum atomic E-state index is 6.12. The second kappa shape index (κ2) is 8.43. The minimum absolute atomic E-state index is 0.525. The van der Waals surface area contributed by atoms with Crippen molar-refractivity contribution in [2.45, 2.75) is 40.2 Å². The van der Waals surface area contributed by atoms with Crippen LogP contribution in [0, 0.1) is 13.8 Å². The molecule has 0 aliphatic rings. The number of oxazole rings is 1. The number of tetrazole rings is 1. The lowest BCUT2D eigenvalue weighted by molar-refractivity contribution is 0.620. The standard InChI is InChI=1S/C26H24N8O/c1-4-7-22-29-23-15(2)12-16(3)27-25(23)34(22)14-17-10-11-21-20(13-17)28-26(35-21)19-9-6-5-8-18(19)24-30-32-33-31-24/h5-6,8-13H,4,7,14H2,1-3H3,(H,30,31,32,33). The molecule has 0 aliphatic heterocycles. The van der Waals surface area contributed by atoms with Crippen molar-refractivity contribution in [3.63, 3.8) is 0 Å². The Hall–Kier alpha value is -4.40. The summed E-state index contributed by atoms with van der Waals surface area (Å²) < 4.78 is 8.35. The van der Waals surface area contributed by atoms with E-state index in [1.807, 2.05) is 37.3 Å². The number of nitrogens with zero attached hydrogens (tertiary/aromatic N) is 7. The minimum atomic E-state index is 0.525. The molecule has 35 heavy (non-hydrogen) atoms. The topological polar surface area (TPSA) is 111 Å². The first kappa shape index (κ1) is 21.2. The van der Waals surface area contributed by atoms with E-state index in [-0.39, 0.29) is 0 Å². The van der Waals surface area contributed by atoms with Gasteiger partial charge in [0.2, 0.25) is 5.89 Å². The highest BCUT2D eigenvalue weighted by atomic mass is 16.3. The molecule has 6 aromatic rings. The Morgan fingerprint density at radius 1 is 0.971 bits per heavy atom. The van der Waals surface area contributed by atoms with Crippen molar-refractivity contribution in [1.29, 1.82) is 0 Å². The number of aromatic amines is 1. The number of fused-ring (bicyclic) bond motifs is 2. The largest absolute Gasteiger partial charge is 0.436 e. The second-order valence-corrected chi connectivity index (χ2v) is 8.73. The van der Waals surface area contributed by atoms with Gasteiger partial charge in [-0.3, -0.25) is 0 Å². The van der Waals surface area contributed by atoms with Crippen LogP contribution in [0.2, 0.25) is 0 Å². The van der Waals surface area contributed by atoms with Gasteiger partial charge in [0.05, 0.1) is 6.54 Å². The summed E-state index contributed by atoms with van der Waals surface area (Å²) in [6.45, 7) is 6.96. The maximum Gasteiger partial charge on any atom is 0.228 e. The van der Waals surface area contributed by atoms with Crippen molar-refractivity contribution in [2.24, 2.45) is 0 Å². The molecule has 1 N–H and O–H groups in total. The fourth-order valence-electron chi connectivity index (χ4n) is 4.55. The van der Waals surface area contributed by atoms with Crippen molar-refractivity contribution in [2.75, 3.05) is 0 Å². The average molecular weight is 465 g/mol. The molecule has 4 aromatic heterocycles. The zero-order chi connectivity index (χ0) is 23.9. The minimum Gasteiger partial charge on any atom is -0.436 e.